The first-order valence-corrected chi connectivity index (χ1v) is 12.9. The van der Waals surface area contributed by atoms with Crippen molar-refractivity contribution in [2.75, 3.05) is 4.90 Å². The summed E-state index contributed by atoms with van der Waals surface area (Å²) in [5, 5.41) is 10.0. The highest BCUT2D eigenvalue weighted by atomic mass is 79.9. The minimum atomic E-state index is 1.07. The van der Waals surface area contributed by atoms with Crippen LogP contribution in [0, 0.1) is 0 Å². The van der Waals surface area contributed by atoms with Crippen molar-refractivity contribution < 1.29 is 0 Å². The lowest BCUT2D eigenvalue weighted by atomic mass is 9.96. The molecule has 0 unspecified atom stereocenters. The van der Waals surface area contributed by atoms with Gasteiger partial charge >= 0.3 is 0 Å². The van der Waals surface area contributed by atoms with Gasteiger partial charge in [-0.25, -0.2) is 0 Å². The number of hydrogen-bond acceptors (Lipinski definition) is 1. The summed E-state index contributed by atoms with van der Waals surface area (Å²) in [5.74, 6) is 0. The van der Waals surface area contributed by atoms with Gasteiger partial charge < -0.3 is 4.90 Å². The van der Waals surface area contributed by atoms with Gasteiger partial charge in [0.05, 0.1) is 11.4 Å². The molecule has 0 saturated heterocycles. The molecule has 0 amide bonds. The van der Waals surface area contributed by atoms with E-state index in [1.807, 2.05) is 0 Å². The van der Waals surface area contributed by atoms with Crippen LogP contribution >= 0.6 is 15.9 Å². The molecule has 0 atom stereocenters. The lowest BCUT2D eigenvalue weighted by Gasteiger charge is -2.29. The lowest BCUT2D eigenvalue weighted by molar-refractivity contribution is 1.32. The van der Waals surface area contributed by atoms with Crippen LogP contribution in [-0.4, -0.2) is 0 Å². The summed E-state index contributed by atoms with van der Waals surface area (Å²) in [5.41, 5.74) is 3.47. The van der Waals surface area contributed by atoms with Crippen LogP contribution in [0.15, 0.2) is 138 Å². The van der Waals surface area contributed by atoms with Crippen LogP contribution in [0.5, 0.6) is 0 Å². The minimum Gasteiger partial charge on any atom is -0.309 e. The molecule has 0 bridgehead atoms. The third kappa shape index (κ3) is 3.37. The molecule has 7 aromatic rings. The zero-order valence-electron chi connectivity index (χ0n) is 19.5. The Bertz CT molecular complexity index is 1780. The highest BCUT2D eigenvalue weighted by Crippen LogP contribution is 2.45. The molecule has 0 aromatic heterocycles. The monoisotopic (exact) mass is 523 g/mol. The normalized spacial score (nSPS) is 11.5. The van der Waals surface area contributed by atoms with Gasteiger partial charge in [-0.05, 0) is 68.7 Å². The molecule has 1 nitrogen and oxygen atoms in total. The molecular weight excluding hydrogens is 502 g/mol. The number of fused-ring (bicyclic) bond motifs is 6. The summed E-state index contributed by atoms with van der Waals surface area (Å²) in [7, 11) is 0. The first-order chi connectivity index (χ1) is 17.8. The number of benzene rings is 7. The zero-order valence-corrected chi connectivity index (χ0v) is 21.1. The molecule has 0 heterocycles. The molecule has 36 heavy (non-hydrogen) atoms. The Hall–Kier alpha value is -4.14. The summed E-state index contributed by atoms with van der Waals surface area (Å²) in [6, 6.07) is 48.1. The first-order valence-electron chi connectivity index (χ1n) is 12.1. The number of anilines is 3. The summed E-state index contributed by atoms with van der Waals surface area (Å²) in [4.78, 5) is 2.43. The number of halogens is 1. The van der Waals surface area contributed by atoms with Crippen molar-refractivity contribution >= 4 is 76.1 Å². The van der Waals surface area contributed by atoms with Crippen molar-refractivity contribution in [1.82, 2.24) is 0 Å². The van der Waals surface area contributed by atoms with Crippen LogP contribution in [-0.2, 0) is 0 Å². The molecule has 0 spiro atoms. The van der Waals surface area contributed by atoms with Crippen molar-refractivity contribution in [2.45, 2.75) is 0 Å². The van der Waals surface area contributed by atoms with E-state index in [-0.39, 0.29) is 0 Å². The fourth-order valence-electron chi connectivity index (χ4n) is 5.44. The highest BCUT2D eigenvalue weighted by molar-refractivity contribution is 9.10. The Morgan fingerprint density at radius 3 is 1.25 bits per heavy atom. The van der Waals surface area contributed by atoms with E-state index >= 15 is 0 Å². The Morgan fingerprint density at radius 2 is 0.778 bits per heavy atom. The van der Waals surface area contributed by atoms with Gasteiger partial charge in [-0.15, -0.1) is 0 Å². The molecule has 7 aromatic carbocycles. The molecule has 0 aliphatic carbocycles. The van der Waals surface area contributed by atoms with Crippen molar-refractivity contribution in [3.8, 4) is 0 Å². The van der Waals surface area contributed by atoms with Crippen molar-refractivity contribution in [3.63, 3.8) is 0 Å². The van der Waals surface area contributed by atoms with Crippen LogP contribution in [0.1, 0.15) is 0 Å². The summed E-state index contributed by atoms with van der Waals surface area (Å²) in [6.45, 7) is 0. The maximum atomic E-state index is 3.63. The Morgan fingerprint density at radius 1 is 0.389 bits per heavy atom. The van der Waals surface area contributed by atoms with E-state index in [1.54, 1.807) is 0 Å². The Kier molecular flexibility index (Phi) is 5.00. The van der Waals surface area contributed by atoms with Gasteiger partial charge in [0.1, 0.15) is 0 Å². The van der Waals surface area contributed by atoms with Crippen molar-refractivity contribution in [1.29, 1.82) is 0 Å². The quantitative estimate of drug-likeness (QED) is 0.208. The SMILES string of the molecule is Brc1ccc(N(c2cc3ccccc3c3ccccc23)c2cc3ccccc3c3ccccc23)cc1. The topological polar surface area (TPSA) is 3.24 Å². The number of hydrogen-bond donors (Lipinski definition) is 0. The van der Waals surface area contributed by atoms with Gasteiger partial charge in [0.25, 0.3) is 0 Å². The Labute approximate surface area is 218 Å². The minimum absolute atomic E-state index is 1.07. The molecule has 0 aliphatic heterocycles. The lowest BCUT2D eigenvalue weighted by Crippen LogP contribution is -2.11. The van der Waals surface area contributed by atoms with E-state index in [9.17, 15) is 0 Å². The van der Waals surface area contributed by atoms with E-state index in [4.69, 9.17) is 0 Å². The fourth-order valence-corrected chi connectivity index (χ4v) is 5.70. The van der Waals surface area contributed by atoms with Gasteiger partial charge in [0.15, 0.2) is 0 Å². The molecule has 0 saturated carbocycles. The molecule has 170 valence electrons. The van der Waals surface area contributed by atoms with Gasteiger partial charge in [-0.3, -0.25) is 0 Å². The van der Waals surface area contributed by atoms with E-state index < -0.39 is 0 Å². The summed E-state index contributed by atoms with van der Waals surface area (Å²) in [6.07, 6.45) is 0. The second-order valence-corrected chi connectivity index (χ2v) is 10.1. The molecule has 0 N–H and O–H groups in total. The third-order valence-electron chi connectivity index (χ3n) is 7.06. The van der Waals surface area contributed by atoms with Gasteiger partial charge in [0.2, 0.25) is 0 Å². The highest BCUT2D eigenvalue weighted by Gasteiger charge is 2.20. The molecule has 2 heteroatoms. The van der Waals surface area contributed by atoms with Gasteiger partial charge in [-0.1, -0.05) is 113 Å². The van der Waals surface area contributed by atoms with E-state index in [1.165, 1.54) is 54.5 Å². The smallest absolute Gasteiger partial charge is 0.0546 e. The van der Waals surface area contributed by atoms with Gasteiger partial charge in [-0.2, -0.15) is 0 Å². The van der Waals surface area contributed by atoms with E-state index in [0.717, 1.165) is 10.2 Å². The largest absolute Gasteiger partial charge is 0.309 e. The maximum absolute atomic E-state index is 3.63. The predicted molar refractivity (Wildman–Crippen MR) is 159 cm³/mol. The molecule has 0 fully saturated rings. The average molecular weight is 524 g/mol. The third-order valence-corrected chi connectivity index (χ3v) is 7.59. The van der Waals surface area contributed by atoms with E-state index in [2.05, 4.69) is 154 Å². The van der Waals surface area contributed by atoms with Crippen LogP contribution in [0.3, 0.4) is 0 Å². The average Bonchev–Trinajstić information content (AvgIpc) is 2.94. The van der Waals surface area contributed by atoms with Gasteiger partial charge in [0, 0.05) is 20.9 Å². The maximum Gasteiger partial charge on any atom is 0.0546 e. The molecule has 7 rings (SSSR count). The summed E-state index contributed by atoms with van der Waals surface area (Å²) >= 11 is 3.63. The Balaban J connectivity index is 1.64. The standard InChI is InChI=1S/C34H22BrN/c35-25-17-19-26(20-18-25)36(33-21-23-9-1-3-11-27(23)29-13-5-7-15-31(29)33)34-22-24-10-2-4-12-28(24)30-14-6-8-16-32(30)34/h1-22H. The first kappa shape index (κ1) is 21.2. The molecule has 0 radical (unpaired) electrons. The van der Waals surface area contributed by atoms with E-state index in [0.29, 0.717) is 0 Å². The molecule has 0 aliphatic rings. The van der Waals surface area contributed by atoms with Crippen LogP contribution in [0.25, 0.3) is 43.1 Å². The zero-order chi connectivity index (χ0) is 24.1. The van der Waals surface area contributed by atoms with Crippen molar-refractivity contribution in [2.24, 2.45) is 0 Å². The van der Waals surface area contributed by atoms with Crippen LogP contribution in [0.2, 0.25) is 0 Å². The van der Waals surface area contributed by atoms with Crippen LogP contribution < -0.4 is 4.90 Å². The fraction of sp³-hybridized carbons (Fsp3) is 0. The van der Waals surface area contributed by atoms with Crippen molar-refractivity contribution in [3.05, 3.63) is 138 Å². The second-order valence-electron chi connectivity index (χ2n) is 9.14. The van der Waals surface area contributed by atoms with Crippen LogP contribution in [0.4, 0.5) is 17.1 Å². The summed E-state index contributed by atoms with van der Waals surface area (Å²) < 4.78 is 1.07. The predicted octanol–water partition coefficient (Wildman–Crippen LogP) is 10.5. The second kappa shape index (κ2) is 8.51. The number of nitrogens with zero attached hydrogens (tertiary/aromatic N) is 1. The molecular formula is C34H22BrN. The number of rotatable bonds is 3.